The summed E-state index contributed by atoms with van der Waals surface area (Å²) in [5, 5.41) is 5.05. The molecule has 4 heteroatoms. The summed E-state index contributed by atoms with van der Waals surface area (Å²) in [7, 11) is 0. The fourth-order valence-corrected chi connectivity index (χ4v) is 3.51. The summed E-state index contributed by atoms with van der Waals surface area (Å²) in [6.07, 6.45) is 3.69. The molecule has 0 saturated carbocycles. The summed E-state index contributed by atoms with van der Waals surface area (Å²) < 4.78 is 0. The van der Waals surface area contributed by atoms with Crippen LogP contribution in [0, 0.1) is 5.92 Å². The zero-order chi connectivity index (χ0) is 14.4. The fraction of sp³-hybridized carbons (Fsp3) is 0.438. The largest absolute Gasteiger partial charge is 0.340 e. The molecule has 0 radical (unpaired) electrons. The van der Waals surface area contributed by atoms with Crippen molar-refractivity contribution in [2.75, 3.05) is 6.54 Å². The van der Waals surface area contributed by atoms with Gasteiger partial charge >= 0.3 is 0 Å². The lowest BCUT2D eigenvalue weighted by atomic mass is 9.96. The number of nitrogens with zero attached hydrogens (tertiary/aromatic N) is 1. The third-order valence-corrected chi connectivity index (χ3v) is 4.82. The van der Waals surface area contributed by atoms with Crippen LogP contribution in [0.3, 0.4) is 0 Å². The van der Waals surface area contributed by atoms with E-state index in [1.807, 2.05) is 24.2 Å². The molecule has 0 amide bonds. The van der Waals surface area contributed by atoms with Crippen LogP contribution in [0.4, 0.5) is 0 Å². The van der Waals surface area contributed by atoms with Crippen LogP contribution in [-0.4, -0.2) is 21.8 Å². The first-order chi connectivity index (χ1) is 9.72. The van der Waals surface area contributed by atoms with E-state index in [0.717, 1.165) is 11.7 Å². The first-order valence-electron chi connectivity index (χ1n) is 7.16. The molecule has 0 aliphatic carbocycles. The number of aromatic amines is 1. The Kier molecular flexibility index (Phi) is 5.68. The van der Waals surface area contributed by atoms with Gasteiger partial charge in [-0.25, -0.2) is 4.98 Å². The van der Waals surface area contributed by atoms with Crippen LogP contribution >= 0.6 is 11.8 Å². The molecule has 2 rings (SSSR count). The van der Waals surface area contributed by atoms with Gasteiger partial charge < -0.3 is 10.3 Å². The third kappa shape index (κ3) is 3.87. The average Bonchev–Trinajstić information content (AvgIpc) is 2.96. The van der Waals surface area contributed by atoms with E-state index in [0.29, 0.717) is 17.2 Å². The molecule has 0 spiro atoms. The lowest BCUT2D eigenvalue weighted by Crippen LogP contribution is -2.33. The van der Waals surface area contributed by atoms with E-state index in [1.165, 1.54) is 5.56 Å². The van der Waals surface area contributed by atoms with E-state index in [4.69, 9.17) is 0 Å². The van der Waals surface area contributed by atoms with E-state index < -0.39 is 0 Å². The van der Waals surface area contributed by atoms with Crippen molar-refractivity contribution in [1.29, 1.82) is 0 Å². The van der Waals surface area contributed by atoms with Gasteiger partial charge in [-0.1, -0.05) is 62.9 Å². The van der Waals surface area contributed by atoms with Crippen LogP contribution in [-0.2, 0) is 0 Å². The number of hydrogen-bond donors (Lipinski definition) is 2. The molecule has 0 fully saturated rings. The molecule has 108 valence electrons. The quantitative estimate of drug-likeness (QED) is 0.760. The van der Waals surface area contributed by atoms with E-state index in [2.05, 4.69) is 66.4 Å². The molecule has 2 aromatic rings. The monoisotopic (exact) mass is 289 g/mol. The van der Waals surface area contributed by atoms with Gasteiger partial charge in [0.25, 0.3) is 0 Å². The predicted octanol–water partition coefficient (Wildman–Crippen LogP) is 3.88. The van der Waals surface area contributed by atoms with E-state index in [1.54, 1.807) is 0 Å². The number of H-pyrrole nitrogens is 1. The van der Waals surface area contributed by atoms with Crippen molar-refractivity contribution in [3.05, 3.63) is 48.3 Å². The number of aromatic nitrogens is 2. The predicted molar refractivity (Wildman–Crippen MR) is 85.9 cm³/mol. The highest BCUT2D eigenvalue weighted by atomic mass is 32.2. The molecule has 20 heavy (non-hydrogen) atoms. The van der Waals surface area contributed by atoms with E-state index >= 15 is 0 Å². The number of rotatable bonds is 7. The minimum atomic E-state index is 0.330. The van der Waals surface area contributed by atoms with Gasteiger partial charge in [0.2, 0.25) is 0 Å². The zero-order valence-corrected chi connectivity index (χ0v) is 13.2. The topological polar surface area (TPSA) is 40.7 Å². The van der Waals surface area contributed by atoms with Crippen molar-refractivity contribution in [3.63, 3.8) is 0 Å². The minimum Gasteiger partial charge on any atom is -0.340 e. The highest BCUT2D eigenvalue weighted by Crippen LogP contribution is 2.35. The maximum Gasteiger partial charge on any atom is 0.165 e. The summed E-state index contributed by atoms with van der Waals surface area (Å²) in [6.45, 7) is 7.66. The molecule has 3 nitrogen and oxygen atoms in total. The molecule has 0 saturated heterocycles. The molecule has 0 aliphatic rings. The Morgan fingerprint density at radius 2 is 2.00 bits per heavy atom. The van der Waals surface area contributed by atoms with Crippen molar-refractivity contribution in [1.82, 2.24) is 15.3 Å². The maximum atomic E-state index is 4.35. The number of thioether (sulfide) groups is 1. The summed E-state index contributed by atoms with van der Waals surface area (Å²) in [5.41, 5.74) is 1.34. The zero-order valence-electron chi connectivity index (χ0n) is 12.3. The summed E-state index contributed by atoms with van der Waals surface area (Å²) >= 11 is 1.82. The molecule has 2 atom stereocenters. The van der Waals surface area contributed by atoms with Crippen molar-refractivity contribution >= 4 is 11.8 Å². The smallest absolute Gasteiger partial charge is 0.165 e. The van der Waals surface area contributed by atoms with Crippen LogP contribution < -0.4 is 5.32 Å². The summed E-state index contributed by atoms with van der Waals surface area (Å²) in [4.78, 5) is 7.55. The molecule has 2 unspecified atom stereocenters. The van der Waals surface area contributed by atoms with Crippen molar-refractivity contribution in [2.24, 2.45) is 5.92 Å². The Bertz CT molecular complexity index is 482. The molecule has 0 aliphatic heterocycles. The van der Waals surface area contributed by atoms with Crippen LogP contribution in [0.25, 0.3) is 0 Å². The van der Waals surface area contributed by atoms with Gasteiger partial charge in [0.1, 0.15) is 0 Å². The van der Waals surface area contributed by atoms with Gasteiger partial charge in [0.15, 0.2) is 5.16 Å². The van der Waals surface area contributed by atoms with Gasteiger partial charge in [0, 0.05) is 23.7 Å². The van der Waals surface area contributed by atoms with Gasteiger partial charge in [-0.2, -0.15) is 0 Å². The maximum absolute atomic E-state index is 4.35. The second kappa shape index (κ2) is 7.50. The van der Waals surface area contributed by atoms with Crippen LogP contribution in [0.2, 0.25) is 0 Å². The van der Waals surface area contributed by atoms with Crippen molar-refractivity contribution < 1.29 is 0 Å². The fourth-order valence-electron chi connectivity index (χ4n) is 2.34. The second-order valence-corrected chi connectivity index (χ2v) is 6.33. The van der Waals surface area contributed by atoms with E-state index in [-0.39, 0.29) is 0 Å². The lowest BCUT2D eigenvalue weighted by Gasteiger charge is -2.30. The van der Waals surface area contributed by atoms with Crippen LogP contribution in [0.5, 0.6) is 0 Å². The third-order valence-electron chi connectivity index (χ3n) is 3.29. The number of benzene rings is 1. The minimum absolute atomic E-state index is 0.330. The highest BCUT2D eigenvalue weighted by molar-refractivity contribution is 7.99. The molecule has 1 heterocycles. The van der Waals surface area contributed by atoms with Crippen molar-refractivity contribution in [3.8, 4) is 0 Å². The van der Waals surface area contributed by atoms with Gasteiger partial charge in [-0.3, -0.25) is 0 Å². The van der Waals surface area contributed by atoms with Gasteiger partial charge in [-0.15, -0.1) is 0 Å². The normalized spacial score (nSPS) is 14.4. The Balaban J connectivity index is 2.23. The van der Waals surface area contributed by atoms with Crippen molar-refractivity contribution in [2.45, 2.75) is 37.2 Å². The molecule has 0 bridgehead atoms. The summed E-state index contributed by atoms with van der Waals surface area (Å²) in [6, 6.07) is 11.0. The Morgan fingerprint density at radius 1 is 1.25 bits per heavy atom. The van der Waals surface area contributed by atoms with Crippen LogP contribution in [0.15, 0.2) is 47.9 Å². The standard InChI is InChI=1S/C16H23N3S/c1-4-17-14(13-8-6-5-7-9-13)15(12(2)3)20-16-18-10-11-19-16/h5-12,14-15,17H,4H2,1-3H3,(H,18,19). The number of nitrogens with one attached hydrogen (secondary N) is 2. The number of hydrogen-bond acceptors (Lipinski definition) is 3. The molecule has 1 aromatic heterocycles. The molecule has 2 N–H and O–H groups in total. The Labute approximate surface area is 125 Å². The first-order valence-corrected chi connectivity index (χ1v) is 8.04. The highest BCUT2D eigenvalue weighted by Gasteiger charge is 2.27. The lowest BCUT2D eigenvalue weighted by molar-refractivity contribution is 0.452. The molecule has 1 aromatic carbocycles. The van der Waals surface area contributed by atoms with Gasteiger partial charge in [0.05, 0.1) is 0 Å². The van der Waals surface area contributed by atoms with Crippen LogP contribution in [0.1, 0.15) is 32.4 Å². The number of imidazole rings is 1. The molecular formula is C16H23N3S. The van der Waals surface area contributed by atoms with Gasteiger partial charge in [-0.05, 0) is 18.0 Å². The average molecular weight is 289 g/mol. The SMILES string of the molecule is CCNC(c1ccccc1)C(Sc1ncc[nH]1)C(C)C. The van der Waals surface area contributed by atoms with E-state index in [9.17, 15) is 0 Å². The molecular weight excluding hydrogens is 266 g/mol. The Morgan fingerprint density at radius 3 is 2.55 bits per heavy atom. The Hall–Kier alpha value is -1.26. The first kappa shape index (κ1) is 15.1. The summed E-state index contributed by atoms with van der Waals surface area (Å²) in [5.74, 6) is 0.550. The second-order valence-electron chi connectivity index (χ2n) is 5.17.